The molecule has 0 saturated carbocycles. The molecular formula is C12H9BrClN. The first-order chi connectivity index (χ1) is 7.31. The van der Waals surface area contributed by atoms with Crippen molar-refractivity contribution < 1.29 is 0 Å². The van der Waals surface area contributed by atoms with Crippen LogP contribution in [0.1, 0.15) is 5.56 Å². The van der Waals surface area contributed by atoms with E-state index < -0.39 is 0 Å². The molecule has 1 nitrogen and oxygen atoms in total. The van der Waals surface area contributed by atoms with E-state index in [-0.39, 0.29) is 0 Å². The molecule has 1 heterocycles. The van der Waals surface area contributed by atoms with Crippen LogP contribution in [-0.2, 0) is 5.33 Å². The highest BCUT2D eigenvalue weighted by Gasteiger charge is 2.05. The number of nitrogens with zero attached hydrogens (tertiary/aromatic N) is 1. The fraction of sp³-hybridized carbons (Fsp3) is 0.0833. The number of benzene rings is 1. The lowest BCUT2D eigenvalue weighted by molar-refractivity contribution is 1.26. The molecule has 0 radical (unpaired) electrons. The second-order valence-electron chi connectivity index (χ2n) is 3.14. The van der Waals surface area contributed by atoms with E-state index in [1.54, 1.807) is 0 Å². The van der Waals surface area contributed by atoms with Crippen molar-refractivity contribution in [3.63, 3.8) is 0 Å². The predicted octanol–water partition coefficient (Wildman–Crippen LogP) is 4.30. The molecule has 0 N–H and O–H groups in total. The van der Waals surface area contributed by atoms with Crippen molar-refractivity contribution in [2.45, 2.75) is 5.33 Å². The van der Waals surface area contributed by atoms with Crippen molar-refractivity contribution in [2.75, 3.05) is 0 Å². The number of alkyl halides is 1. The molecule has 0 amide bonds. The molecule has 0 aliphatic heterocycles. The molecule has 0 aliphatic rings. The van der Waals surface area contributed by atoms with E-state index in [1.807, 2.05) is 42.5 Å². The van der Waals surface area contributed by atoms with Crippen molar-refractivity contribution >= 4 is 27.5 Å². The number of halogens is 2. The van der Waals surface area contributed by atoms with Gasteiger partial charge in [0.15, 0.2) is 0 Å². The van der Waals surface area contributed by atoms with Gasteiger partial charge in [-0.05, 0) is 11.6 Å². The fourth-order valence-electron chi connectivity index (χ4n) is 1.42. The third-order valence-corrected chi connectivity index (χ3v) is 2.95. The fourth-order valence-corrected chi connectivity index (χ4v) is 2.02. The number of hydrogen-bond acceptors (Lipinski definition) is 1. The van der Waals surface area contributed by atoms with E-state index >= 15 is 0 Å². The summed E-state index contributed by atoms with van der Waals surface area (Å²) >= 11 is 9.34. The Bertz CT molecular complexity index is 456. The van der Waals surface area contributed by atoms with Gasteiger partial charge in [-0.2, -0.15) is 0 Å². The van der Waals surface area contributed by atoms with Gasteiger partial charge < -0.3 is 0 Å². The van der Waals surface area contributed by atoms with Gasteiger partial charge in [0.1, 0.15) is 5.15 Å². The van der Waals surface area contributed by atoms with Crippen molar-refractivity contribution in [3.05, 3.63) is 53.2 Å². The Morgan fingerprint density at radius 1 is 1.07 bits per heavy atom. The van der Waals surface area contributed by atoms with Gasteiger partial charge in [-0.25, -0.2) is 4.98 Å². The molecule has 1 aromatic carbocycles. The van der Waals surface area contributed by atoms with Gasteiger partial charge in [0.05, 0.1) is 5.69 Å². The van der Waals surface area contributed by atoms with Gasteiger partial charge in [0.25, 0.3) is 0 Å². The molecule has 0 atom stereocenters. The van der Waals surface area contributed by atoms with Crippen LogP contribution < -0.4 is 0 Å². The Hall–Kier alpha value is -0.860. The molecule has 0 spiro atoms. The SMILES string of the molecule is Clc1ccc(CBr)c(-c2ccccc2)n1. The molecular weight excluding hydrogens is 273 g/mol. The van der Waals surface area contributed by atoms with Crippen LogP contribution in [-0.4, -0.2) is 4.98 Å². The maximum absolute atomic E-state index is 5.90. The van der Waals surface area contributed by atoms with Gasteiger partial charge in [-0.3, -0.25) is 0 Å². The zero-order chi connectivity index (χ0) is 10.7. The van der Waals surface area contributed by atoms with Crippen LogP contribution in [0.4, 0.5) is 0 Å². The summed E-state index contributed by atoms with van der Waals surface area (Å²) in [5.74, 6) is 0. The highest BCUT2D eigenvalue weighted by Crippen LogP contribution is 2.24. The van der Waals surface area contributed by atoms with Crippen LogP contribution in [0.5, 0.6) is 0 Å². The van der Waals surface area contributed by atoms with Gasteiger partial charge >= 0.3 is 0 Å². The Labute approximate surface area is 102 Å². The molecule has 0 bridgehead atoms. The Morgan fingerprint density at radius 2 is 1.80 bits per heavy atom. The van der Waals surface area contributed by atoms with E-state index in [9.17, 15) is 0 Å². The van der Waals surface area contributed by atoms with Crippen LogP contribution in [0, 0.1) is 0 Å². The highest BCUT2D eigenvalue weighted by atomic mass is 79.9. The Morgan fingerprint density at radius 3 is 2.47 bits per heavy atom. The molecule has 0 unspecified atom stereocenters. The third-order valence-electron chi connectivity index (χ3n) is 2.14. The maximum Gasteiger partial charge on any atom is 0.129 e. The Balaban J connectivity index is 2.56. The lowest BCUT2D eigenvalue weighted by atomic mass is 10.1. The first-order valence-electron chi connectivity index (χ1n) is 4.58. The molecule has 2 rings (SSSR count). The summed E-state index contributed by atoms with van der Waals surface area (Å²) in [4.78, 5) is 4.35. The van der Waals surface area contributed by atoms with Crippen molar-refractivity contribution in [2.24, 2.45) is 0 Å². The van der Waals surface area contributed by atoms with Crippen LogP contribution in [0.3, 0.4) is 0 Å². The quantitative estimate of drug-likeness (QED) is 0.591. The minimum atomic E-state index is 0.526. The van der Waals surface area contributed by atoms with Gasteiger partial charge in [-0.1, -0.05) is 63.9 Å². The normalized spacial score (nSPS) is 10.3. The molecule has 76 valence electrons. The topological polar surface area (TPSA) is 12.9 Å². The highest BCUT2D eigenvalue weighted by molar-refractivity contribution is 9.08. The first kappa shape index (κ1) is 10.7. The van der Waals surface area contributed by atoms with Gasteiger partial charge in [0, 0.05) is 10.9 Å². The van der Waals surface area contributed by atoms with Crippen molar-refractivity contribution in [3.8, 4) is 11.3 Å². The standard InChI is InChI=1S/C12H9BrClN/c13-8-10-6-7-11(14)15-12(10)9-4-2-1-3-5-9/h1-7H,8H2. The number of rotatable bonds is 2. The zero-order valence-corrected chi connectivity index (χ0v) is 10.3. The molecule has 0 saturated heterocycles. The molecule has 2 aromatic rings. The number of hydrogen-bond donors (Lipinski definition) is 0. The lowest BCUT2D eigenvalue weighted by Gasteiger charge is -2.06. The molecule has 3 heteroatoms. The summed E-state index contributed by atoms with van der Waals surface area (Å²) in [7, 11) is 0. The summed E-state index contributed by atoms with van der Waals surface area (Å²) in [6.07, 6.45) is 0. The summed E-state index contributed by atoms with van der Waals surface area (Å²) in [6, 6.07) is 13.8. The summed E-state index contributed by atoms with van der Waals surface area (Å²) in [6.45, 7) is 0. The van der Waals surface area contributed by atoms with E-state index in [1.165, 1.54) is 0 Å². The Kier molecular flexibility index (Phi) is 3.39. The molecule has 0 fully saturated rings. The average Bonchev–Trinajstić information content (AvgIpc) is 2.30. The van der Waals surface area contributed by atoms with Crippen molar-refractivity contribution in [1.29, 1.82) is 0 Å². The first-order valence-corrected chi connectivity index (χ1v) is 6.08. The smallest absolute Gasteiger partial charge is 0.129 e. The largest absolute Gasteiger partial charge is 0.236 e. The maximum atomic E-state index is 5.90. The monoisotopic (exact) mass is 281 g/mol. The minimum absolute atomic E-state index is 0.526. The van der Waals surface area contributed by atoms with E-state index in [0.717, 1.165) is 22.2 Å². The van der Waals surface area contributed by atoms with E-state index in [0.29, 0.717) is 5.15 Å². The van der Waals surface area contributed by atoms with E-state index in [2.05, 4.69) is 20.9 Å². The second-order valence-corrected chi connectivity index (χ2v) is 4.09. The average molecular weight is 283 g/mol. The molecule has 15 heavy (non-hydrogen) atoms. The van der Waals surface area contributed by atoms with Gasteiger partial charge in [0.2, 0.25) is 0 Å². The molecule has 0 aliphatic carbocycles. The molecule has 1 aromatic heterocycles. The van der Waals surface area contributed by atoms with E-state index in [4.69, 9.17) is 11.6 Å². The zero-order valence-electron chi connectivity index (χ0n) is 7.95. The lowest BCUT2D eigenvalue weighted by Crippen LogP contribution is -1.90. The minimum Gasteiger partial charge on any atom is -0.236 e. The van der Waals surface area contributed by atoms with Crippen LogP contribution >= 0.6 is 27.5 Å². The summed E-state index contributed by atoms with van der Waals surface area (Å²) in [5, 5.41) is 1.31. The predicted molar refractivity (Wildman–Crippen MR) is 67.3 cm³/mol. The van der Waals surface area contributed by atoms with Crippen LogP contribution in [0.15, 0.2) is 42.5 Å². The van der Waals surface area contributed by atoms with Gasteiger partial charge in [-0.15, -0.1) is 0 Å². The third kappa shape index (κ3) is 2.39. The number of pyridine rings is 1. The van der Waals surface area contributed by atoms with Crippen LogP contribution in [0.25, 0.3) is 11.3 Å². The van der Waals surface area contributed by atoms with Crippen molar-refractivity contribution in [1.82, 2.24) is 4.98 Å². The van der Waals surface area contributed by atoms with Crippen LogP contribution in [0.2, 0.25) is 5.15 Å². The second kappa shape index (κ2) is 4.77. The number of aromatic nitrogens is 1. The summed E-state index contributed by atoms with van der Waals surface area (Å²) < 4.78 is 0. The summed E-state index contributed by atoms with van der Waals surface area (Å²) in [5.41, 5.74) is 3.18.